The van der Waals surface area contributed by atoms with Crippen LogP contribution in [0.3, 0.4) is 0 Å². The van der Waals surface area contributed by atoms with Crippen molar-refractivity contribution in [3.8, 4) is 0 Å². The van der Waals surface area contributed by atoms with E-state index in [0.717, 1.165) is 11.0 Å². The van der Waals surface area contributed by atoms with E-state index in [9.17, 15) is 24.2 Å². The zero-order chi connectivity index (χ0) is 16.1. The molecule has 0 aromatic carbocycles. The van der Waals surface area contributed by atoms with Crippen LogP contribution in [0.5, 0.6) is 0 Å². The van der Waals surface area contributed by atoms with Crippen molar-refractivity contribution in [2.45, 2.75) is 36.8 Å². The first-order valence-corrected chi connectivity index (χ1v) is 7.26. The molecule has 1 saturated heterocycles. The third-order valence-corrected chi connectivity index (χ3v) is 4.45. The van der Waals surface area contributed by atoms with Gasteiger partial charge in [0.25, 0.3) is 0 Å². The number of hydrogen-bond donors (Lipinski definition) is 2. The minimum Gasteiger partial charge on any atom is -0.480 e. The maximum atomic E-state index is 14.1. The molecule has 2 atom stereocenters. The summed E-state index contributed by atoms with van der Waals surface area (Å²) in [5.74, 6) is -2.35. The van der Waals surface area contributed by atoms with E-state index in [-0.39, 0.29) is 23.7 Å². The number of carbonyl (C=O) groups excluding carboxylic acids is 1. The van der Waals surface area contributed by atoms with Gasteiger partial charge in [0.1, 0.15) is 11.9 Å². The Labute approximate surface area is 130 Å². The third kappa shape index (κ3) is 2.34. The lowest BCUT2D eigenvalue weighted by Gasteiger charge is -2.26. The fourth-order valence-corrected chi connectivity index (χ4v) is 3.14. The smallest absolute Gasteiger partial charge is 0.326 e. The lowest BCUT2D eigenvalue weighted by Crippen LogP contribution is -2.46. The van der Waals surface area contributed by atoms with Gasteiger partial charge in [0.05, 0.1) is 22.2 Å². The number of aliphatic hydroxyl groups is 1. The standard InChI is InChI=1S/C14H14ClFN2O4/c15-7-3-9(16)11(17-5-7)14(1-2-14)13(22)18-6-8(19)4-10(18)12(20)21/h3,5,8,10,19H,1-2,4,6H2,(H,20,21)/t8-,10-/m0/s1. The van der Waals surface area contributed by atoms with Crippen molar-refractivity contribution in [2.75, 3.05) is 6.54 Å². The predicted octanol–water partition coefficient (Wildman–Crippen LogP) is 0.952. The van der Waals surface area contributed by atoms with Gasteiger partial charge >= 0.3 is 5.97 Å². The van der Waals surface area contributed by atoms with Crippen molar-refractivity contribution >= 4 is 23.5 Å². The summed E-state index contributed by atoms with van der Waals surface area (Å²) in [5, 5.41) is 19.0. The fraction of sp³-hybridized carbons (Fsp3) is 0.500. The molecule has 1 amide bonds. The van der Waals surface area contributed by atoms with Crippen molar-refractivity contribution in [1.82, 2.24) is 9.88 Å². The summed E-state index contributed by atoms with van der Waals surface area (Å²) in [6.45, 7) is -0.0627. The summed E-state index contributed by atoms with van der Waals surface area (Å²) in [4.78, 5) is 29.0. The maximum Gasteiger partial charge on any atom is 0.326 e. The molecule has 2 heterocycles. The first-order chi connectivity index (χ1) is 10.3. The SMILES string of the molecule is O=C(O)[C@@H]1C[C@H](O)CN1C(=O)C1(c2ncc(Cl)cc2F)CC1. The van der Waals surface area contributed by atoms with Crippen LogP contribution in [0, 0.1) is 5.82 Å². The van der Waals surface area contributed by atoms with Gasteiger partial charge in [0.2, 0.25) is 5.91 Å². The summed E-state index contributed by atoms with van der Waals surface area (Å²) >= 11 is 5.67. The number of carboxylic acids is 1. The molecule has 1 aromatic heterocycles. The summed E-state index contributed by atoms with van der Waals surface area (Å²) in [7, 11) is 0. The molecule has 8 heteroatoms. The van der Waals surface area contributed by atoms with Crippen LogP contribution in [0.1, 0.15) is 25.0 Å². The van der Waals surface area contributed by atoms with E-state index in [2.05, 4.69) is 4.98 Å². The number of aliphatic hydroxyl groups excluding tert-OH is 1. The van der Waals surface area contributed by atoms with Crippen LogP contribution in [0.25, 0.3) is 0 Å². The number of amides is 1. The first kappa shape index (κ1) is 15.2. The number of rotatable bonds is 3. The number of nitrogens with zero attached hydrogens (tertiary/aromatic N) is 2. The number of aromatic nitrogens is 1. The molecule has 0 radical (unpaired) electrons. The van der Waals surface area contributed by atoms with E-state index in [4.69, 9.17) is 11.6 Å². The van der Waals surface area contributed by atoms with E-state index >= 15 is 0 Å². The zero-order valence-electron chi connectivity index (χ0n) is 11.5. The van der Waals surface area contributed by atoms with Crippen molar-refractivity contribution in [2.24, 2.45) is 0 Å². The second kappa shape index (κ2) is 5.17. The number of pyridine rings is 1. The van der Waals surface area contributed by atoms with Crippen molar-refractivity contribution in [3.05, 3.63) is 28.8 Å². The Morgan fingerprint density at radius 1 is 1.45 bits per heavy atom. The average molecular weight is 329 g/mol. The number of hydrogen-bond acceptors (Lipinski definition) is 4. The Morgan fingerprint density at radius 3 is 2.68 bits per heavy atom. The Balaban J connectivity index is 1.92. The van der Waals surface area contributed by atoms with Crippen LogP contribution >= 0.6 is 11.6 Å². The Hall–Kier alpha value is -1.73. The number of aliphatic carboxylic acids is 1. The highest BCUT2D eigenvalue weighted by atomic mass is 35.5. The van der Waals surface area contributed by atoms with Gasteiger partial charge in [-0.3, -0.25) is 9.78 Å². The molecule has 3 rings (SSSR count). The van der Waals surface area contributed by atoms with Gasteiger partial charge in [-0.05, 0) is 18.9 Å². The molecule has 118 valence electrons. The topological polar surface area (TPSA) is 90.7 Å². The van der Waals surface area contributed by atoms with Gasteiger partial charge in [-0.2, -0.15) is 0 Å². The number of β-amino-alcohol motifs (C(OH)–C–C–N with tert-alkyl or cyclic N) is 1. The molecule has 2 fully saturated rings. The Bertz CT molecular complexity index is 650. The van der Waals surface area contributed by atoms with Gasteiger partial charge in [0.15, 0.2) is 0 Å². The normalized spacial score (nSPS) is 26.0. The van der Waals surface area contributed by atoms with Crippen LogP contribution in [-0.4, -0.2) is 50.7 Å². The van der Waals surface area contributed by atoms with Gasteiger partial charge in [-0.15, -0.1) is 0 Å². The van der Waals surface area contributed by atoms with Crippen LogP contribution < -0.4 is 0 Å². The Kier molecular flexibility index (Phi) is 3.57. The molecular weight excluding hydrogens is 315 g/mol. The minimum absolute atomic E-state index is 0.00701. The average Bonchev–Trinajstić information content (AvgIpc) is 3.14. The molecule has 0 bridgehead atoms. The molecule has 22 heavy (non-hydrogen) atoms. The first-order valence-electron chi connectivity index (χ1n) is 6.88. The maximum absolute atomic E-state index is 14.1. The van der Waals surface area contributed by atoms with Crippen LogP contribution in [0.15, 0.2) is 12.3 Å². The van der Waals surface area contributed by atoms with E-state index in [0.29, 0.717) is 12.8 Å². The molecule has 0 unspecified atom stereocenters. The molecule has 2 aliphatic rings. The van der Waals surface area contributed by atoms with Crippen molar-refractivity contribution < 1.29 is 24.2 Å². The van der Waals surface area contributed by atoms with Gasteiger partial charge < -0.3 is 15.1 Å². The highest BCUT2D eigenvalue weighted by Crippen LogP contribution is 2.50. The highest BCUT2D eigenvalue weighted by Gasteiger charge is 2.58. The largest absolute Gasteiger partial charge is 0.480 e. The molecule has 1 aromatic rings. The highest BCUT2D eigenvalue weighted by molar-refractivity contribution is 6.30. The molecule has 0 spiro atoms. The molecular formula is C14H14ClFN2O4. The molecule has 1 saturated carbocycles. The van der Waals surface area contributed by atoms with Gasteiger partial charge in [0, 0.05) is 19.2 Å². The lowest BCUT2D eigenvalue weighted by atomic mass is 9.98. The van der Waals surface area contributed by atoms with Crippen LogP contribution in [0.2, 0.25) is 5.02 Å². The summed E-state index contributed by atoms with van der Waals surface area (Å²) in [5.41, 5.74) is -1.14. The minimum atomic E-state index is -1.18. The van der Waals surface area contributed by atoms with Gasteiger partial charge in [-0.1, -0.05) is 11.6 Å². The second-order valence-corrected chi connectivity index (χ2v) is 6.20. The lowest BCUT2D eigenvalue weighted by molar-refractivity contribution is -0.149. The van der Waals surface area contributed by atoms with E-state index in [1.54, 1.807) is 0 Å². The number of carbonyl (C=O) groups is 2. The number of halogens is 2. The van der Waals surface area contributed by atoms with Crippen molar-refractivity contribution in [1.29, 1.82) is 0 Å². The summed E-state index contributed by atoms with van der Waals surface area (Å²) in [6.07, 6.45) is 1.16. The third-order valence-electron chi connectivity index (χ3n) is 4.25. The van der Waals surface area contributed by atoms with Gasteiger partial charge in [-0.25, -0.2) is 9.18 Å². The zero-order valence-corrected chi connectivity index (χ0v) is 12.3. The molecule has 6 nitrogen and oxygen atoms in total. The monoisotopic (exact) mass is 328 g/mol. The second-order valence-electron chi connectivity index (χ2n) is 5.77. The fourth-order valence-electron chi connectivity index (χ4n) is 2.99. The summed E-state index contributed by atoms with van der Waals surface area (Å²) < 4.78 is 14.1. The van der Waals surface area contributed by atoms with Crippen LogP contribution in [0.4, 0.5) is 4.39 Å². The summed E-state index contributed by atoms with van der Waals surface area (Å²) in [6, 6.07) is 0.000390. The van der Waals surface area contributed by atoms with E-state index < -0.39 is 35.3 Å². The van der Waals surface area contributed by atoms with Crippen LogP contribution in [-0.2, 0) is 15.0 Å². The molecule has 1 aliphatic carbocycles. The number of likely N-dealkylation sites (tertiary alicyclic amines) is 1. The predicted molar refractivity (Wildman–Crippen MR) is 73.9 cm³/mol. The molecule has 2 N–H and O–H groups in total. The number of carboxylic acid groups (broad SMARTS) is 1. The van der Waals surface area contributed by atoms with E-state index in [1.165, 1.54) is 6.20 Å². The molecule has 1 aliphatic heterocycles. The van der Waals surface area contributed by atoms with E-state index in [1.807, 2.05) is 0 Å². The van der Waals surface area contributed by atoms with Crippen molar-refractivity contribution in [3.63, 3.8) is 0 Å². The Morgan fingerprint density at radius 2 is 2.14 bits per heavy atom. The quantitative estimate of drug-likeness (QED) is 0.862.